The average Bonchev–Trinajstić information content (AvgIpc) is 2.59. The van der Waals surface area contributed by atoms with E-state index in [4.69, 9.17) is 5.73 Å². The summed E-state index contributed by atoms with van der Waals surface area (Å²) in [5, 5.41) is 7.79. The molecule has 3 rings (SSSR count). The fraction of sp³-hybridized carbons (Fsp3) is 0.769. The van der Waals surface area contributed by atoms with Crippen LogP contribution in [0.15, 0.2) is 0 Å². The second-order valence-corrected chi connectivity index (χ2v) is 5.41. The van der Waals surface area contributed by atoms with E-state index in [0.717, 1.165) is 19.5 Å². The summed E-state index contributed by atoms with van der Waals surface area (Å²) in [5.41, 5.74) is 8.90. The van der Waals surface area contributed by atoms with Gasteiger partial charge in [-0.25, -0.2) is 0 Å². The van der Waals surface area contributed by atoms with Crippen LogP contribution in [0.5, 0.6) is 0 Å². The number of H-pyrrole nitrogens is 1. The highest BCUT2D eigenvalue weighted by Gasteiger charge is 2.23. The first-order valence-electron chi connectivity index (χ1n) is 6.91. The van der Waals surface area contributed by atoms with Crippen molar-refractivity contribution in [2.24, 2.45) is 5.73 Å². The van der Waals surface area contributed by atoms with Gasteiger partial charge in [0.2, 0.25) is 0 Å². The molecule has 1 aromatic heterocycles. The van der Waals surface area contributed by atoms with Gasteiger partial charge in [-0.15, -0.1) is 0 Å². The molecule has 2 aliphatic rings. The van der Waals surface area contributed by atoms with Crippen molar-refractivity contribution in [3.05, 3.63) is 11.3 Å². The molecule has 1 fully saturated rings. The maximum absolute atomic E-state index is 6.06. The molecule has 1 aliphatic heterocycles. The van der Waals surface area contributed by atoms with Gasteiger partial charge in [0.15, 0.2) is 5.82 Å². The summed E-state index contributed by atoms with van der Waals surface area (Å²) in [4.78, 5) is 2.38. The molecule has 0 saturated carbocycles. The fourth-order valence-corrected chi connectivity index (χ4v) is 3.10. The number of aromatic amines is 1. The molecule has 0 bridgehead atoms. The van der Waals surface area contributed by atoms with Gasteiger partial charge >= 0.3 is 0 Å². The predicted molar refractivity (Wildman–Crippen MR) is 69.3 cm³/mol. The van der Waals surface area contributed by atoms with Crippen LogP contribution in [0, 0.1) is 0 Å². The Labute approximate surface area is 103 Å². The number of aromatic nitrogens is 2. The summed E-state index contributed by atoms with van der Waals surface area (Å²) in [5.74, 6) is 1.19. The Hall–Kier alpha value is -1.03. The van der Waals surface area contributed by atoms with E-state index in [1.165, 1.54) is 55.6 Å². The summed E-state index contributed by atoms with van der Waals surface area (Å²) in [6.45, 7) is 2.09. The Morgan fingerprint density at radius 2 is 2.06 bits per heavy atom. The lowest BCUT2D eigenvalue weighted by Gasteiger charge is -2.31. The molecule has 1 aliphatic carbocycles. The molecule has 1 aromatic rings. The maximum Gasteiger partial charge on any atom is 0.153 e. The molecule has 94 valence electrons. The summed E-state index contributed by atoms with van der Waals surface area (Å²) in [6.07, 6.45) is 8.66. The Kier molecular flexibility index (Phi) is 3.05. The summed E-state index contributed by atoms with van der Waals surface area (Å²) < 4.78 is 0. The number of aryl methyl sites for hydroxylation is 1. The third-order valence-electron chi connectivity index (χ3n) is 4.04. The summed E-state index contributed by atoms with van der Waals surface area (Å²) >= 11 is 0. The van der Waals surface area contributed by atoms with Gasteiger partial charge in [0.1, 0.15) is 0 Å². The zero-order chi connectivity index (χ0) is 11.7. The lowest BCUT2D eigenvalue weighted by molar-refractivity contribution is 0.502. The van der Waals surface area contributed by atoms with Crippen molar-refractivity contribution in [3.8, 4) is 0 Å². The Morgan fingerprint density at radius 1 is 1.18 bits per heavy atom. The van der Waals surface area contributed by atoms with Crippen LogP contribution >= 0.6 is 0 Å². The topological polar surface area (TPSA) is 57.9 Å². The lowest BCUT2D eigenvalue weighted by Crippen LogP contribution is -2.43. The number of piperidine rings is 1. The van der Waals surface area contributed by atoms with E-state index in [9.17, 15) is 0 Å². The molecule has 1 atom stereocenters. The van der Waals surface area contributed by atoms with Crippen LogP contribution in [-0.4, -0.2) is 29.3 Å². The van der Waals surface area contributed by atoms with Crippen LogP contribution in [0.3, 0.4) is 0 Å². The quantitative estimate of drug-likeness (QED) is 0.726. The number of rotatable bonds is 1. The number of nitrogens with two attached hydrogens (primary N) is 1. The standard InChI is InChI=1S/C13H22N4/c14-10-5-4-8-17(9-10)13-11-6-2-1-3-7-12(11)15-16-13/h10H,1-9,14H2,(H,15,16). The molecule has 0 spiro atoms. The van der Waals surface area contributed by atoms with Crippen molar-refractivity contribution in [1.82, 2.24) is 10.2 Å². The number of fused-ring (bicyclic) bond motifs is 1. The zero-order valence-corrected chi connectivity index (χ0v) is 10.4. The third kappa shape index (κ3) is 2.18. The minimum Gasteiger partial charge on any atom is -0.353 e. The number of hydrogen-bond acceptors (Lipinski definition) is 3. The van der Waals surface area contributed by atoms with E-state index in [1.807, 2.05) is 0 Å². The number of nitrogens with zero attached hydrogens (tertiary/aromatic N) is 2. The molecule has 17 heavy (non-hydrogen) atoms. The van der Waals surface area contributed by atoms with Crippen molar-refractivity contribution in [3.63, 3.8) is 0 Å². The van der Waals surface area contributed by atoms with Crippen LogP contribution < -0.4 is 10.6 Å². The molecule has 1 saturated heterocycles. The van der Waals surface area contributed by atoms with Gasteiger partial charge in [-0.2, -0.15) is 5.10 Å². The molecule has 3 N–H and O–H groups in total. The monoisotopic (exact) mass is 234 g/mol. The highest BCUT2D eigenvalue weighted by atomic mass is 15.3. The lowest BCUT2D eigenvalue weighted by atomic mass is 10.0. The molecular weight excluding hydrogens is 212 g/mol. The van der Waals surface area contributed by atoms with Crippen molar-refractivity contribution in [1.29, 1.82) is 0 Å². The van der Waals surface area contributed by atoms with Crippen LogP contribution in [0.4, 0.5) is 5.82 Å². The second kappa shape index (κ2) is 4.69. The van der Waals surface area contributed by atoms with Crippen LogP contribution in [0.2, 0.25) is 0 Å². The van der Waals surface area contributed by atoms with Crippen LogP contribution in [-0.2, 0) is 12.8 Å². The van der Waals surface area contributed by atoms with Gasteiger partial charge in [0.05, 0.1) is 0 Å². The van der Waals surface area contributed by atoms with E-state index in [0.29, 0.717) is 6.04 Å². The summed E-state index contributed by atoms with van der Waals surface area (Å²) in [6, 6.07) is 0.321. The first-order valence-corrected chi connectivity index (χ1v) is 6.91. The minimum absolute atomic E-state index is 0.321. The smallest absolute Gasteiger partial charge is 0.153 e. The van der Waals surface area contributed by atoms with Crippen LogP contribution in [0.25, 0.3) is 0 Å². The van der Waals surface area contributed by atoms with E-state index in [1.54, 1.807) is 0 Å². The van der Waals surface area contributed by atoms with Crippen molar-refractivity contribution < 1.29 is 0 Å². The van der Waals surface area contributed by atoms with Crippen molar-refractivity contribution >= 4 is 5.82 Å². The Bertz CT molecular complexity index is 385. The van der Waals surface area contributed by atoms with Gasteiger partial charge in [-0.05, 0) is 38.5 Å². The molecule has 4 heteroatoms. The molecule has 0 radical (unpaired) electrons. The SMILES string of the molecule is NC1CCCN(c2n[nH]c3c2CCCCC3)C1. The van der Waals surface area contributed by atoms with Gasteiger partial charge in [0, 0.05) is 30.4 Å². The minimum atomic E-state index is 0.321. The largest absolute Gasteiger partial charge is 0.353 e. The zero-order valence-electron chi connectivity index (χ0n) is 10.4. The molecular formula is C13H22N4. The van der Waals surface area contributed by atoms with Crippen molar-refractivity contribution in [2.75, 3.05) is 18.0 Å². The second-order valence-electron chi connectivity index (χ2n) is 5.41. The predicted octanol–water partition coefficient (Wildman–Crippen LogP) is 1.61. The van der Waals surface area contributed by atoms with E-state index >= 15 is 0 Å². The molecule has 2 heterocycles. The fourth-order valence-electron chi connectivity index (χ4n) is 3.10. The van der Waals surface area contributed by atoms with Gasteiger partial charge in [-0.1, -0.05) is 6.42 Å². The first kappa shape index (κ1) is 11.1. The Balaban J connectivity index is 1.84. The molecule has 0 amide bonds. The van der Waals surface area contributed by atoms with Crippen LogP contribution in [0.1, 0.15) is 43.4 Å². The first-order chi connectivity index (χ1) is 8.34. The average molecular weight is 234 g/mol. The Morgan fingerprint density at radius 3 is 2.94 bits per heavy atom. The van der Waals surface area contributed by atoms with Gasteiger partial charge in [0.25, 0.3) is 0 Å². The number of anilines is 1. The normalized spacial score (nSPS) is 25.5. The van der Waals surface area contributed by atoms with E-state index < -0.39 is 0 Å². The summed E-state index contributed by atoms with van der Waals surface area (Å²) in [7, 11) is 0. The number of nitrogens with one attached hydrogen (secondary N) is 1. The van der Waals surface area contributed by atoms with E-state index in [-0.39, 0.29) is 0 Å². The molecule has 1 unspecified atom stereocenters. The molecule has 0 aromatic carbocycles. The third-order valence-corrected chi connectivity index (χ3v) is 4.04. The van der Waals surface area contributed by atoms with Crippen molar-refractivity contribution in [2.45, 2.75) is 51.0 Å². The highest BCUT2D eigenvalue weighted by Crippen LogP contribution is 2.28. The molecule has 4 nitrogen and oxygen atoms in total. The number of hydrogen-bond donors (Lipinski definition) is 2. The van der Waals surface area contributed by atoms with Gasteiger partial charge < -0.3 is 10.6 Å². The maximum atomic E-state index is 6.06. The highest BCUT2D eigenvalue weighted by molar-refractivity contribution is 5.50. The van der Waals surface area contributed by atoms with Gasteiger partial charge in [-0.3, -0.25) is 5.10 Å². The van der Waals surface area contributed by atoms with E-state index in [2.05, 4.69) is 15.1 Å².